The third-order valence-electron chi connectivity index (χ3n) is 3.25. The Balaban J connectivity index is 2.01. The van der Waals surface area contributed by atoms with Crippen molar-refractivity contribution < 1.29 is 14.3 Å². The number of carbonyl (C=O) groups is 2. The van der Waals surface area contributed by atoms with E-state index in [1.165, 1.54) is 0 Å². The maximum absolute atomic E-state index is 12.2. The Kier molecular flexibility index (Phi) is 4.19. The van der Waals surface area contributed by atoms with Crippen molar-refractivity contribution >= 4 is 11.9 Å². The maximum Gasteiger partial charge on any atom is 0.310 e. The van der Waals surface area contributed by atoms with E-state index in [1.54, 1.807) is 17.9 Å². The normalized spacial score (nSPS) is 19.3. The van der Waals surface area contributed by atoms with Gasteiger partial charge in [-0.15, -0.1) is 0 Å². The van der Waals surface area contributed by atoms with E-state index in [4.69, 9.17) is 4.74 Å². The van der Waals surface area contributed by atoms with E-state index in [1.807, 2.05) is 6.92 Å². The van der Waals surface area contributed by atoms with E-state index in [2.05, 4.69) is 10.2 Å². The van der Waals surface area contributed by atoms with Crippen molar-refractivity contribution in [3.8, 4) is 0 Å². The highest BCUT2D eigenvalue weighted by atomic mass is 16.5. The zero-order valence-electron chi connectivity index (χ0n) is 11.3. The summed E-state index contributed by atoms with van der Waals surface area (Å²) in [6, 6.07) is 1.72. The van der Waals surface area contributed by atoms with Crippen LogP contribution in [0.25, 0.3) is 0 Å². The van der Waals surface area contributed by atoms with E-state index in [-0.39, 0.29) is 17.8 Å². The van der Waals surface area contributed by atoms with Gasteiger partial charge in [0.1, 0.15) is 5.69 Å². The van der Waals surface area contributed by atoms with Gasteiger partial charge in [0.15, 0.2) is 0 Å². The number of hydrogen-bond donors (Lipinski definition) is 1. The van der Waals surface area contributed by atoms with Gasteiger partial charge in [-0.1, -0.05) is 0 Å². The number of aromatic amines is 1. The van der Waals surface area contributed by atoms with Gasteiger partial charge < -0.3 is 9.64 Å². The van der Waals surface area contributed by atoms with Gasteiger partial charge in [0, 0.05) is 18.8 Å². The van der Waals surface area contributed by atoms with Crippen LogP contribution in [0, 0.1) is 12.8 Å². The molecule has 0 spiro atoms. The first-order chi connectivity index (χ1) is 9.11. The highest BCUT2D eigenvalue weighted by Gasteiger charge is 2.30. The van der Waals surface area contributed by atoms with Gasteiger partial charge in [-0.05, 0) is 32.8 Å². The van der Waals surface area contributed by atoms with Crippen LogP contribution in [0.3, 0.4) is 0 Å². The van der Waals surface area contributed by atoms with Gasteiger partial charge in [0.25, 0.3) is 5.91 Å². The summed E-state index contributed by atoms with van der Waals surface area (Å²) >= 11 is 0. The Hall–Kier alpha value is -1.85. The molecule has 1 fully saturated rings. The summed E-state index contributed by atoms with van der Waals surface area (Å²) in [5, 5.41) is 6.72. The predicted molar refractivity (Wildman–Crippen MR) is 68.6 cm³/mol. The number of likely N-dealkylation sites (tertiary alicyclic amines) is 1. The highest BCUT2D eigenvalue weighted by molar-refractivity contribution is 5.92. The monoisotopic (exact) mass is 265 g/mol. The third kappa shape index (κ3) is 3.13. The van der Waals surface area contributed by atoms with Gasteiger partial charge in [0.05, 0.1) is 12.5 Å². The molecule has 1 aromatic heterocycles. The number of hydrogen-bond acceptors (Lipinski definition) is 4. The molecular weight excluding hydrogens is 246 g/mol. The molecule has 2 heterocycles. The van der Waals surface area contributed by atoms with Crippen molar-refractivity contribution in [1.29, 1.82) is 0 Å². The number of nitrogens with zero attached hydrogens (tertiary/aromatic N) is 2. The first-order valence-electron chi connectivity index (χ1n) is 6.59. The van der Waals surface area contributed by atoms with Crippen LogP contribution in [0.15, 0.2) is 6.07 Å². The lowest BCUT2D eigenvalue weighted by Gasteiger charge is -2.31. The zero-order valence-corrected chi connectivity index (χ0v) is 11.3. The summed E-state index contributed by atoms with van der Waals surface area (Å²) in [6.07, 6.45) is 1.60. The average Bonchev–Trinajstić information content (AvgIpc) is 2.85. The number of nitrogens with one attached hydrogen (secondary N) is 1. The highest BCUT2D eigenvalue weighted by Crippen LogP contribution is 2.19. The summed E-state index contributed by atoms with van der Waals surface area (Å²) in [7, 11) is 0. The molecule has 1 N–H and O–H groups in total. The van der Waals surface area contributed by atoms with Crippen molar-refractivity contribution in [2.24, 2.45) is 5.92 Å². The SMILES string of the molecule is CCOC(=O)C1CCCN(C(=O)c2cc(C)[nH]n2)C1. The Labute approximate surface area is 112 Å². The van der Waals surface area contributed by atoms with Crippen molar-refractivity contribution in [3.05, 3.63) is 17.5 Å². The van der Waals surface area contributed by atoms with Gasteiger partial charge >= 0.3 is 5.97 Å². The molecule has 0 saturated carbocycles. The van der Waals surface area contributed by atoms with E-state index >= 15 is 0 Å². The molecule has 6 nitrogen and oxygen atoms in total. The van der Waals surface area contributed by atoms with E-state index in [9.17, 15) is 9.59 Å². The van der Waals surface area contributed by atoms with Crippen LogP contribution in [0.2, 0.25) is 0 Å². The number of aryl methyl sites for hydroxylation is 1. The number of esters is 1. The Morgan fingerprint density at radius 2 is 2.37 bits per heavy atom. The third-order valence-corrected chi connectivity index (χ3v) is 3.25. The number of ether oxygens (including phenoxy) is 1. The smallest absolute Gasteiger partial charge is 0.310 e. The van der Waals surface area contributed by atoms with E-state index in [0.29, 0.717) is 25.4 Å². The molecule has 1 aliphatic heterocycles. The number of carbonyl (C=O) groups excluding carboxylic acids is 2. The minimum atomic E-state index is -0.210. The number of amides is 1. The molecular formula is C13H19N3O3. The first kappa shape index (κ1) is 13.6. The minimum absolute atomic E-state index is 0.127. The molecule has 2 rings (SSSR count). The second-order valence-corrected chi connectivity index (χ2v) is 4.78. The molecule has 1 aromatic rings. The van der Waals surface area contributed by atoms with Crippen LogP contribution in [-0.4, -0.2) is 46.7 Å². The Bertz CT molecular complexity index is 469. The molecule has 0 bridgehead atoms. The molecule has 0 aromatic carbocycles. The van der Waals surface area contributed by atoms with Gasteiger partial charge in [-0.2, -0.15) is 5.10 Å². The molecule has 19 heavy (non-hydrogen) atoms. The first-order valence-corrected chi connectivity index (χ1v) is 6.59. The Morgan fingerprint density at radius 1 is 1.58 bits per heavy atom. The maximum atomic E-state index is 12.2. The number of rotatable bonds is 3. The summed E-state index contributed by atoms with van der Waals surface area (Å²) in [6.45, 7) is 5.10. The van der Waals surface area contributed by atoms with Crippen LogP contribution in [0.5, 0.6) is 0 Å². The summed E-state index contributed by atoms with van der Waals surface area (Å²) < 4.78 is 5.02. The fraction of sp³-hybridized carbons (Fsp3) is 0.615. The summed E-state index contributed by atoms with van der Waals surface area (Å²) in [5.74, 6) is -0.547. The Morgan fingerprint density at radius 3 is 3.00 bits per heavy atom. The number of H-pyrrole nitrogens is 1. The van der Waals surface area contributed by atoms with Crippen molar-refractivity contribution in [3.63, 3.8) is 0 Å². The molecule has 1 amide bonds. The molecule has 1 unspecified atom stereocenters. The minimum Gasteiger partial charge on any atom is -0.466 e. The molecule has 104 valence electrons. The van der Waals surface area contributed by atoms with Crippen molar-refractivity contribution in [2.75, 3.05) is 19.7 Å². The lowest BCUT2D eigenvalue weighted by molar-refractivity contribution is -0.149. The van der Waals surface area contributed by atoms with E-state index < -0.39 is 0 Å². The predicted octanol–water partition coefficient (Wildman–Crippen LogP) is 1.13. The van der Waals surface area contributed by atoms with Gasteiger partial charge in [-0.3, -0.25) is 14.7 Å². The second kappa shape index (κ2) is 5.86. The van der Waals surface area contributed by atoms with Crippen LogP contribution < -0.4 is 0 Å². The second-order valence-electron chi connectivity index (χ2n) is 4.78. The topological polar surface area (TPSA) is 75.3 Å². The average molecular weight is 265 g/mol. The zero-order chi connectivity index (χ0) is 13.8. The van der Waals surface area contributed by atoms with Crippen LogP contribution in [0.1, 0.15) is 35.9 Å². The van der Waals surface area contributed by atoms with E-state index in [0.717, 1.165) is 18.5 Å². The lowest BCUT2D eigenvalue weighted by atomic mass is 9.98. The number of piperidine rings is 1. The standard InChI is InChI=1S/C13H19N3O3/c1-3-19-13(18)10-5-4-6-16(8-10)12(17)11-7-9(2)14-15-11/h7,10H,3-6,8H2,1-2H3,(H,14,15). The number of aromatic nitrogens is 2. The fourth-order valence-corrected chi connectivity index (χ4v) is 2.30. The molecule has 0 radical (unpaired) electrons. The molecule has 1 atom stereocenters. The molecule has 1 saturated heterocycles. The van der Waals surface area contributed by atoms with Gasteiger partial charge in [-0.25, -0.2) is 0 Å². The van der Waals surface area contributed by atoms with Gasteiger partial charge in [0.2, 0.25) is 0 Å². The quantitative estimate of drug-likeness (QED) is 0.831. The summed E-state index contributed by atoms with van der Waals surface area (Å²) in [4.78, 5) is 25.6. The molecule has 0 aliphatic carbocycles. The largest absolute Gasteiger partial charge is 0.466 e. The molecule has 1 aliphatic rings. The van der Waals surface area contributed by atoms with Crippen molar-refractivity contribution in [1.82, 2.24) is 15.1 Å². The van der Waals surface area contributed by atoms with Crippen LogP contribution >= 0.6 is 0 Å². The molecule has 6 heteroatoms. The lowest BCUT2D eigenvalue weighted by Crippen LogP contribution is -2.43. The van der Waals surface area contributed by atoms with Crippen LogP contribution in [-0.2, 0) is 9.53 Å². The van der Waals surface area contributed by atoms with Crippen molar-refractivity contribution in [2.45, 2.75) is 26.7 Å². The fourth-order valence-electron chi connectivity index (χ4n) is 2.30. The summed E-state index contributed by atoms with van der Waals surface area (Å²) in [5.41, 5.74) is 1.25. The van der Waals surface area contributed by atoms with Crippen LogP contribution in [0.4, 0.5) is 0 Å².